The van der Waals surface area contributed by atoms with Crippen molar-refractivity contribution in [2.75, 3.05) is 10.2 Å². The average Bonchev–Trinajstić information content (AvgIpc) is 2.69. The molecule has 4 nitrogen and oxygen atoms in total. The first-order valence-corrected chi connectivity index (χ1v) is 9.64. The monoisotopic (exact) mass is 373 g/mol. The van der Waals surface area contributed by atoms with Crippen LogP contribution >= 0.6 is 0 Å². The second-order valence-electron chi connectivity index (χ2n) is 7.26. The minimum atomic E-state index is -0.0560. The second kappa shape index (κ2) is 9.18. The zero-order valence-corrected chi connectivity index (χ0v) is 16.7. The van der Waals surface area contributed by atoms with Gasteiger partial charge >= 0.3 is 0 Å². The summed E-state index contributed by atoms with van der Waals surface area (Å²) in [5, 5.41) is 2.89. The van der Waals surface area contributed by atoms with Gasteiger partial charge in [0.25, 0.3) is 0 Å². The molecule has 28 heavy (non-hydrogen) atoms. The van der Waals surface area contributed by atoms with Crippen molar-refractivity contribution in [2.45, 2.75) is 39.8 Å². The molecule has 0 unspecified atom stereocenters. The van der Waals surface area contributed by atoms with Crippen LogP contribution in [0, 0.1) is 6.92 Å². The molecule has 0 saturated heterocycles. The fourth-order valence-corrected chi connectivity index (χ4v) is 3.15. The number of carbonyl (C=O) groups is 1. The number of hydrogen-bond acceptors (Lipinski definition) is 3. The molecule has 4 heteroatoms. The molecule has 0 bridgehead atoms. The summed E-state index contributed by atoms with van der Waals surface area (Å²) in [6.07, 6.45) is 2.18. The highest BCUT2D eigenvalue weighted by Gasteiger charge is 2.13. The Morgan fingerprint density at radius 1 is 1.00 bits per heavy atom. The number of benzene rings is 2. The van der Waals surface area contributed by atoms with Crippen LogP contribution in [0.15, 0.2) is 72.9 Å². The van der Waals surface area contributed by atoms with Crippen molar-refractivity contribution in [3.05, 3.63) is 89.6 Å². The van der Waals surface area contributed by atoms with Gasteiger partial charge in [-0.1, -0.05) is 54.6 Å². The summed E-state index contributed by atoms with van der Waals surface area (Å²) in [5.41, 5.74) is 4.45. The zero-order chi connectivity index (χ0) is 19.9. The van der Waals surface area contributed by atoms with Crippen molar-refractivity contribution in [1.29, 1.82) is 0 Å². The SMILES string of the molecule is Cc1ccccc1CC(=O)Nc1ccc(N(Cc2ccccc2)C(C)C)cn1. The molecule has 0 aliphatic heterocycles. The summed E-state index contributed by atoms with van der Waals surface area (Å²) in [7, 11) is 0. The van der Waals surface area contributed by atoms with Gasteiger partial charge in [-0.15, -0.1) is 0 Å². The standard InChI is InChI=1S/C24H27N3O/c1-18(2)27(17-20-10-5-4-6-11-20)22-13-14-23(25-16-22)26-24(28)15-21-12-8-7-9-19(21)3/h4-14,16,18H,15,17H2,1-3H3,(H,25,26,28). The number of amides is 1. The van der Waals surface area contributed by atoms with Crippen LogP contribution in [-0.2, 0) is 17.8 Å². The van der Waals surface area contributed by atoms with Crippen LogP contribution in [-0.4, -0.2) is 16.9 Å². The Morgan fingerprint density at radius 2 is 1.71 bits per heavy atom. The van der Waals surface area contributed by atoms with Gasteiger partial charge in [-0.2, -0.15) is 0 Å². The molecule has 0 aliphatic carbocycles. The lowest BCUT2D eigenvalue weighted by molar-refractivity contribution is -0.115. The summed E-state index contributed by atoms with van der Waals surface area (Å²) >= 11 is 0. The third kappa shape index (κ3) is 5.19. The van der Waals surface area contributed by atoms with Gasteiger partial charge in [0.1, 0.15) is 5.82 Å². The lowest BCUT2D eigenvalue weighted by Crippen LogP contribution is -2.30. The first-order chi connectivity index (χ1) is 13.5. The number of aryl methyl sites for hydroxylation is 1. The van der Waals surface area contributed by atoms with Gasteiger partial charge in [-0.05, 0) is 49.6 Å². The highest BCUT2D eigenvalue weighted by atomic mass is 16.1. The van der Waals surface area contributed by atoms with Crippen LogP contribution in [0.1, 0.15) is 30.5 Å². The minimum Gasteiger partial charge on any atom is -0.364 e. The molecule has 1 heterocycles. The Kier molecular flexibility index (Phi) is 6.43. The number of anilines is 2. The van der Waals surface area contributed by atoms with Crippen LogP contribution in [0.25, 0.3) is 0 Å². The van der Waals surface area contributed by atoms with E-state index in [2.05, 4.69) is 53.3 Å². The molecule has 3 rings (SSSR count). The Bertz CT molecular complexity index is 905. The van der Waals surface area contributed by atoms with Crippen LogP contribution in [0.2, 0.25) is 0 Å². The Hall–Kier alpha value is -3.14. The van der Waals surface area contributed by atoms with Crippen molar-refractivity contribution in [2.24, 2.45) is 0 Å². The topological polar surface area (TPSA) is 45.2 Å². The third-order valence-electron chi connectivity index (χ3n) is 4.78. The molecule has 3 aromatic rings. The van der Waals surface area contributed by atoms with Crippen molar-refractivity contribution in [1.82, 2.24) is 4.98 Å². The van der Waals surface area contributed by atoms with Gasteiger partial charge in [-0.25, -0.2) is 4.98 Å². The predicted molar refractivity (Wildman–Crippen MR) is 116 cm³/mol. The van der Waals surface area contributed by atoms with E-state index in [9.17, 15) is 4.79 Å². The van der Waals surface area contributed by atoms with Crippen LogP contribution in [0.4, 0.5) is 11.5 Å². The Morgan fingerprint density at radius 3 is 2.36 bits per heavy atom. The van der Waals surface area contributed by atoms with E-state index in [-0.39, 0.29) is 5.91 Å². The Labute approximate surface area is 167 Å². The molecule has 0 atom stereocenters. The maximum atomic E-state index is 12.3. The fraction of sp³-hybridized carbons (Fsp3) is 0.250. The van der Waals surface area contributed by atoms with E-state index >= 15 is 0 Å². The summed E-state index contributed by atoms with van der Waals surface area (Å²) in [6.45, 7) is 7.17. The first kappa shape index (κ1) is 19.6. The van der Waals surface area contributed by atoms with E-state index in [1.807, 2.05) is 55.6 Å². The van der Waals surface area contributed by atoms with Gasteiger partial charge in [0.05, 0.1) is 18.3 Å². The fourth-order valence-electron chi connectivity index (χ4n) is 3.15. The molecule has 2 aromatic carbocycles. The highest BCUT2D eigenvalue weighted by molar-refractivity contribution is 5.91. The smallest absolute Gasteiger partial charge is 0.229 e. The number of hydrogen-bond donors (Lipinski definition) is 1. The number of rotatable bonds is 7. The van der Waals surface area contributed by atoms with E-state index in [1.165, 1.54) is 5.56 Å². The van der Waals surface area contributed by atoms with Crippen molar-refractivity contribution >= 4 is 17.4 Å². The summed E-state index contributed by atoms with van der Waals surface area (Å²) in [6, 6.07) is 22.5. The average molecular weight is 374 g/mol. The summed E-state index contributed by atoms with van der Waals surface area (Å²) in [4.78, 5) is 19.1. The molecule has 1 aromatic heterocycles. The molecule has 0 aliphatic rings. The van der Waals surface area contributed by atoms with E-state index < -0.39 is 0 Å². The maximum absolute atomic E-state index is 12.3. The van der Waals surface area contributed by atoms with Crippen molar-refractivity contribution in [3.63, 3.8) is 0 Å². The lowest BCUT2D eigenvalue weighted by Gasteiger charge is -2.29. The number of carbonyl (C=O) groups excluding carboxylic acids is 1. The molecule has 0 radical (unpaired) electrons. The quantitative estimate of drug-likeness (QED) is 0.635. The van der Waals surface area contributed by atoms with E-state index in [1.54, 1.807) is 0 Å². The highest BCUT2D eigenvalue weighted by Crippen LogP contribution is 2.21. The lowest BCUT2D eigenvalue weighted by atomic mass is 10.1. The van der Waals surface area contributed by atoms with E-state index in [0.717, 1.165) is 23.4 Å². The van der Waals surface area contributed by atoms with Gasteiger partial charge in [0, 0.05) is 12.6 Å². The normalized spacial score (nSPS) is 10.7. The molecule has 0 fully saturated rings. The van der Waals surface area contributed by atoms with Gasteiger partial charge in [-0.3, -0.25) is 4.79 Å². The number of aromatic nitrogens is 1. The number of nitrogens with zero attached hydrogens (tertiary/aromatic N) is 2. The third-order valence-corrected chi connectivity index (χ3v) is 4.78. The van der Waals surface area contributed by atoms with E-state index in [0.29, 0.717) is 18.3 Å². The number of nitrogens with one attached hydrogen (secondary N) is 1. The van der Waals surface area contributed by atoms with Crippen molar-refractivity contribution < 1.29 is 4.79 Å². The molecule has 1 amide bonds. The molecular weight excluding hydrogens is 346 g/mol. The molecular formula is C24H27N3O. The summed E-state index contributed by atoms with van der Waals surface area (Å²) in [5.74, 6) is 0.519. The molecule has 1 N–H and O–H groups in total. The van der Waals surface area contributed by atoms with Gasteiger partial charge in [0.15, 0.2) is 0 Å². The predicted octanol–water partition coefficient (Wildman–Crippen LogP) is 4.99. The van der Waals surface area contributed by atoms with Crippen LogP contribution < -0.4 is 10.2 Å². The van der Waals surface area contributed by atoms with Gasteiger partial charge < -0.3 is 10.2 Å². The summed E-state index contributed by atoms with van der Waals surface area (Å²) < 4.78 is 0. The van der Waals surface area contributed by atoms with Crippen molar-refractivity contribution in [3.8, 4) is 0 Å². The molecule has 0 spiro atoms. The second-order valence-corrected chi connectivity index (χ2v) is 7.26. The molecule has 0 saturated carbocycles. The molecule has 144 valence electrons. The minimum absolute atomic E-state index is 0.0560. The van der Waals surface area contributed by atoms with E-state index in [4.69, 9.17) is 0 Å². The zero-order valence-electron chi connectivity index (χ0n) is 16.7. The van der Waals surface area contributed by atoms with Gasteiger partial charge in [0.2, 0.25) is 5.91 Å². The van der Waals surface area contributed by atoms with Crippen LogP contribution in [0.3, 0.4) is 0 Å². The Balaban J connectivity index is 1.66. The maximum Gasteiger partial charge on any atom is 0.229 e. The number of pyridine rings is 1. The largest absolute Gasteiger partial charge is 0.364 e. The van der Waals surface area contributed by atoms with Crippen LogP contribution in [0.5, 0.6) is 0 Å². The first-order valence-electron chi connectivity index (χ1n) is 9.64.